The van der Waals surface area contributed by atoms with E-state index in [1.165, 1.54) is 0 Å². The summed E-state index contributed by atoms with van der Waals surface area (Å²) in [4.78, 5) is 22.0. The highest BCUT2D eigenvalue weighted by atomic mass is 79.9. The molecule has 0 atom stereocenters. The lowest BCUT2D eigenvalue weighted by molar-refractivity contribution is -0.120. The second kappa shape index (κ2) is 6.68. The van der Waals surface area contributed by atoms with Gasteiger partial charge in [0.15, 0.2) is 0 Å². The first-order valence-corrected chi connectivity index (χ1v) is 6.69. The highest BCUT2D eigenvalue weighted by Gasteiger charge is 2.10. The highest BCUT2D eigenvalue weighted by molar-refractivity contribution is 9.10. The summed E-state index contributed by atoms with van der Waals surface area (Å²) in [6.45, 7) is 4.73. The minimum absolute atomic E-state index is 0.0269. The summed E-state index contributed by atoms with van der Waals surface area (Å²) in [5.41, 5.74) is 0. The van der Waals surface area contributed by atoms with Crippen molar-refractivity contribution in [2.75, 3.05) is 25.5 Å². The maximum atomic E-state index is 11.2. The van der Waals surface area contributed by atoms with Gasteiger partial charge in [0.1, 0.15) is 16.2 Å². The van der Waals surface area contributed by atoms with Gasteiger partial charge < -0.3 is 10.2 Å². The summed E-state index contributed by atoms with van der Waals surface area (Å²) in [7, 11) is 3.56. The first-order chi connectivity index (χ1) is 8.43. The maximum Gasteiger partial charge on any atom is 0.221 e. The van der Waals surface area contributed by atoms with E-state index in [0.29, 0.717) is 13.0 Å². The Bertz CT molecular complexity index is 423. The van der Waals surface area contributed by atoms with Gasteiger partial charge in [-0.25, -0.2) is 9.97 Å². The van der Waals surface area contributed by atoms with Crippen LogP contribution in [0.25, 0.3) is 0 Å². The number of aromatic nitrogens is 2. The van der Waals surface area contributed by atoms with Gasteiger partial charge in [0.2, 0.25) is 5.91 Å². The molecule has 0 aliphatic rings. The predicted molar refractivity (Wildman–Crippen MR) is 75.8 cm³/mol. The van der Waals surface area contributed by atoms with Gasteiger partial charge >= 0.3 is 0 Å². The Morgan fingerprint density at radius 1 is 1.50 bits per heavy atom. The molecule has 0 bridgehead atoms. The molecule has 18 heavy (non-hydrogen) atoms. The van der Waals surface area contributed by atoms with Crippen LogP contribution < -0.4 is 10.2 Å². The molecule has 1 N–H and O–H groups in total. The Labute approximate surface area is 116 Å². The van der Waals surface area contributed by atoms with E-state index < -0.39 is 0 Å². The molecule has 1 aromatic rings. The molecule has 0 spiro atoms. The minimum atomic E-state index is 0.0269. The van der Waals surface area contributed by atoms with Gasteiger partial charge in [-0.2, -0.15) is 0 Å². The fourth-order valence-corrected chi connectivity index (χ4v) is 1.77. The molecule has 1 aromatic heterocycles. The maximum absolute atomic E-state index is 11.2. The van der Waals surface area contributed by atoms with Crippen molar-refractivity contribution < 1.29 is 4.79 Å². The monoisotopic (exact) mass is 314 g/mol. The van der Waals surface area contributed by atoms with E-state index in [4.69, 9.17) is 0 Å². The highest BCUT2D eigenvalue weighted by Crippen LogP contribution is 2.19. The zero-order valence-corrected chi connectivity index (χ0v) is 12.8. The molecule has 0 fully saturated rings. The molecule has 0 unspecified atom stereocenters. The average Bonchev–Trinajstić information content (AvgIpc) is 2.34. The number of halogens is 1. The van der Waals surface area contributed by atoms with Gasteiger partial charge in [0.05, 0.1) is 0 Å². The fraction of sp³-hybridized carbons (Fsp3) is 0.583. The Hall–Kier alpha value is -1.17. The Kier molecular flexibility index (Phi) is 5.53. The number of rotatable bonds is 5. The van der Waals surface area contributed by atoms with Crippen molar-refractivity contribution in [2.24, 2.45) is 0 Å². The van der Waals surface area contributed by atoms with E-state index in [2.05, 4.69) is 45.1 Å². The van der Waals surface area contributed by atoms with Crippen LogP contribution in [0.15, 0.2) is 10.7 Å². The zero-order chi connectivity index (χ0) is 13.7. The number of hydrogen-bond acceptors (Lipinski definition) is 4. The van der Waals surface area contributed by atoms with Crippen molar-refractivity contribution in [3.05, 3.63) is 16.5 Å². The summed E-state index contributed by atoms with van der Waals surface area (Å²) in [6, 6.07) is 1.86. The molecule has 100 valence electrons. The minimum Gasteiger partial charge on any atom is -0.359 e. The quantitative estimate of drug-likeness (QED) is 0.844. The molecule has 0 aromatic carbocycles. The first-order valence-electron chi connectivity index (χ1n) is 5.90. The van der Waals surface area contributed by atoms with Gasteiger partial charge in [0, 0.05) is 39.0 Å². The molecule has 1 rings (SSSR count). The van der Waals surface area contributed by atoms with Crippen LogP contribution in [0.2, 0.25) is 0 Å². The van der Waals surface area contributed by atoms with E-state index in [0.717, 1.165) is 16.2 Å². The molecular weight excluding hydrogens is 296 g/mol. The molecular formula is C12H19BrN4O. The Morgan fingerprint density at radius 3 is 2.72 bits per heavy atom. The Balaban J connectivity index is 2.78. The van der Waals surface area contributed by atoms with Crippen LogP contribution in [-0.2, 0) is 4.79 Å². The van der Waals surface area contributed by atoms with Crippen LogP contribution in [0.1, 0.15) is 32.0 Å². The number of anilines is 1. The van der Waals surface area contributed by atoms with E-state index in [9.17, 15) is 4.79 Å². The third-order valence-corrected chi connectivity index (χ3v) is 2.97. The zero-order valence-electron chi connectivity index (χ0n) is 11.2. The van der Waals surface area contributed by atoms with Crippen molar-refractivity contribution >= 4 is 27.7 Å². The van der Waals surface area contributed by atoms with Crippen molar-refractivity contribution in [1.29, 1.82) is 0 Å². The summed E-state index contributed by atoms with van der Waals surface area (Å²) in [6.07, 6.45) is 0.450. The van der Waals surface area contributed by atoms with Gasteiger partial charge in [-0.3, -0.25) is 4.79 Å². The van der Waals surface area contributed by atoms with Crippen LogP contribution in [0.3, 0.4) is 0 Å². The van der Waals surface area contributed by atoms with Crippen molar-refractivity contribution in [3.8, 4) is 0 Å². The molecule has 1 heterocycles. The summed E-state index contributed by atoms with van der Waals surface area (Å²) < 4.78 is 0.767. The normalized spacial score (nSPS) is 10.6. The van der Waals surface area contributed by atoms with Crippen molar-refractivity contribution in [2.45, 2.75) is 26.2 Å². The molecule has 0 saturated carbocycles. The summed E-state index contributed by atoms with van der Waals surface area (Å²) in [5.74, 6) is 1.92. The van der Waals surface area contributed by atoms with Gasteiger partial charge in [-0.05, 0) is 15.9 Å². The van der Waals surface area contributed by atoms with Crippen LogP contribution in [-0.4, -0.2) is 36.5 Å². The molecule has 5 nitrogen and oxygen atoms in total. The summed E-state index contributed by atoms with van der Waals surface area (Å²) >= 11 is 3.39. The van der Waals surface area contributed by atoms with Crippen molar-refractivity contribution in [3.63, 3.8) is 0 Å². The van der Waals surface area contributed by atoms with Crippen LogP contribution in [0.5, 0.6) is 0 Å². The lowest BCUT2D eigenvalue weighted by Crippen LogP contribution is -2.27. The van der Waals surface area contributed by atoms with Crippen molar-refractivity contribution in [1.82, 2.24) is 15.3 Å². The van der Waals surface area contributed by atoms with Gasteiger partial charge in [-0.15, -0.1) is 0 Å². The number of hydrogen-bond donors (Lipinski definition) is 1. The Morgan fingerprint density at radius 2 is 2.17 bits per heavy atom. The predicted octanol–water partition coefficient (Wildman–Crippen LogP) is 1.93. The van der Waals surface area contributed by atoms with Crippen LogP contribution in [0, 0.1) is 0 Å². The van der Waals surface area contributed by atoms with E-state index in [1.807, 2.05) is 18.0 Å². The van der Waals surface area contributed by atoms with Gasteiger partial charge in [0.25, 0.3) is 0 Å². The van der Waals surface area contributed by atoms with Crippen LogP contribution in [0.4, 0.5) is 5.82 Å². The van der Waals surface area contributed by atoms with E-state index in [-0.39, 0.29) is 11.8 Å². The molecule has 0 radical (unpaired) electrons. The second-order valence-corrected chi connectivity index (χ2v) is 5.22. The molecule has 0 saturated heterocycles. The number of carbonyl (C=O) groups excluding carboxylic acids is 1. The largest absolute Gasteiger partial charge is 0.359 e. The number of amides is 1. The second-order valence-electron chi connectivity index (χ2n) is 4.41. The topological polar surface area (TPSA) is 58.1 Å². The van der Waals surface area contributed by atoms with E-state index in [1.54, 1.807) is 7.05 Å². The summed E-state index contributed by atoms with van der Waals surface area (Å²) in [5, 5.41) is 2.61. The smallest absolute Gasteiger partial charge is 0.221 e. The number of carbonyl (C=O) groups is 1. The average molecular weight is 315 g/mol. The van der Waals surface area contributed by atoms with E-state index >= 15 is 0 Å². The third kappa shape index (κ3) is 4.25. The third-order valence-electron chi connectivity index (χ3n) is 2.56. The molecule has 1 amide bonds. The fourth-order valence-electron chi connectivity index (χ4n) is 1.39. The molecule has 6 heteroatoms. The van der Waals surface area contributed by atoms with Crippen LogP contribution >= 0.6 is 15.9 Å². The SMILES string of the molecule is CNC(=O)CCN(C)c1cc(Br)nc(C(C)C)n1. The number of nitrogens with zero attached hydrogens (tertiary/aromatic N) is 3. The lowest BCUT2D eigenvalue weighted by atomic mass is 10.2. The lowest BCUT2D eigenvalue weighted by Gasteiger charge is -2.19. The standard InChI is InChI=1S/C12H19BrN4O/c1-8(2)12-15-9(13)7-10(16-12)17(4)6-5-11(18)14-3/h7-8H,5-6H2,1-4H3,(H,14,18). The number of nitrogens with one attached hydrogen (secondary N) is 1. The molecule has 0 aliphatic carbocycles. The molecule has 0 aliphatic heterocycles. The first kappa shape index (κ1) is 14.9. The van der Waals surface area contributed by atoms with Gasteiger partial charge in [-0.1, -0.05) is 13.8 Å².